The lowest BCUT2D eigenvalue weighted by Gasteiger charge is -1.94. The molecule has 0 fully saturated rings. The summed E-state index contributed by atoms with van der Waals surface area (Å²) in [6.45, 7) is 1.58. The van der Waals surface area contributed by atoms with Crippen LogP contribution in [-0.4, -0.2) is 20.2 Å². The van der Waals surface area contributed by atoms with Gasteiger partial charge in [0.15, 0.2) is 0 Å². The molecule has 1 unspecified atom stereocenters. The maximum Gasteiger partial charge on any atom is 0.255 e. The van der Waals surface area contributed by atoms with E-state index in [9.17, 15) is 5.11 Å². The van der Waals surface area contributed by atoms with Gasteiger partial charge in [0.05, 0.1) is 10.2 Å². The number of hydrogen-bond donors (Lipinski definition) is 1. The van der Waals surface area contributed by atoms with Crippen LogP contribution in [0.15, 0.2) is 28.2 Å². The predicted molar refractivity (Wildman–Crippen MR) is 63.5 cm³/mol. The molecule has 0 saturated heterocycles. The molecule has 3 aromatic heterocycles. The Morgan fingerprint density at radius 1 is 1.47 bits per heavy atom. The van der Waals surface area contributed by atoms with Crippen LogP contribution in [-0.2, 0) is 0 Å². The number of aromatic nitrogens is 3. The van der Waals surface area contributed by atoms with Crippen molar-refractivity contribution < 1.29 is 9.63 Å². The van der Waals surface area contributed by atoms with Crippen molar-refractivity contribution in [2.75, 3.05) is 0 Å². The highest BCUT2D eigenvalue weighted by Gasteiger charge is 2.13. The topological polar surface area (TPSA) is 72.0 Å². The first-order valence-corrected chi connectivity index (χ1v) is 5.97. The van der Waals surface area contributed by atoms with E-state index in [2.05, 4.69) is 15.1 Å². The van der Waals surface area contributed by atoms with Crippen LogP contribution in [0.3, 0.4) is 0 Å². The second-order valence-electron chi connectivity index (χ2n) is 3.66. The van der Waals surface area contributed by atoms with Crippen molar-refractivity contribution in [2.24, 2.45) is 0 Å². The van der Waals surface area contributed by atoms with Crippen molar-refractivity contribution >= 4 is 21.6 Å². The van der Waals surface area contributed by atoms with Crippen LogP contribution in [0, 0.1) is 0 Å². The molecule has 0 radical (unpaired) electrons. The Balaban J connectivity index is 2.06. The SMILES string of the molecule is CC(O)c1nc(-c2cnc3ccsc3c2)no1. The number of pyridine rings is 1. The molecule has 6 heteroatoms. The highest BCUT2D eigenvalue weighted by Crippen LogP contribution is 2.24. The van der Waals surface area contributed by atoms with Crippen LogP contribution in [0.4, 0.5) is 0 Å². The summed E-state index contributed by atoms with van der Waals surface area (Å²) in [5, 5.41) is 15.1. The number of hydrogen-bond acceptors (Lipinski definition) is 6. The standard InChI is InChI=1S/C11H9N3O2S/c1-6(15)11-13-10(14-16-11)7-4-9-8(12-5-7)2-3-17-9/h2-6,15H,1H3. The molecule has 0 aliphatic rings. The Kier molecular flexibility index (Phi) is 2.38. The van der Waals surface area contributed by atoms with Gasteiger partial charge in [-0.05, 0) is 24.4 Å². The van der Waals surface area contributed by atoms with Crippen molar-refractivity contribution in [3.63, 3.8) is 0 Å². The molecule has 0 amide bonds. The van der Waals surface area contributed by atoms with E-state index in [0.29, 0.717) is 5.82 Å². The third kappa shape index (κ3) is 1.81. The zero-order valence-corrected chi connectivity index (χ0v) is 9.81. The predicted octanol–water partition coefficient (Wildman–Crippen LogP) is 2.40. The normalized spacial score (nSPS) is 13.1. The summed E-state index contributed by atoms with van der Waals surface area (Å²) in [5.41, 5.74) is 1.74. The lowest BCUT2D eigenvalue weighted by molar-refractivity contribution is 0.152. The van der Waals surface area contributed by atoms with E-state index in [0.717, 1.165) is 15.8 Å². The zero-order chi connectivity index (χ0) is 11.8. The van der Waals surface area contributed by atoms with E-state index >= 15 is 0 Å². The molecule has 3 aromatic rings. The minimum absolute atomic E-state index is 0.214. The Bertz CT molecular complexity index is 659. The molecular weight excluding hydrogens is 238 g/mol. The van der Waals surface area contributed by atoms with Crippen LogP contribution >= 0.6 is 11.3 Å². The second-order valence-corrected chi connectivity index (χ2v) is 4.61. The quantitative estimate of drug-likeness (QED) is 0.752. The minimum atomic E-state index is -0.755. The Labute approximate surface area is 101 Å². The maximum atomic E-state index is 9.31. The van der Waals surface area contributed by atoms with Gasteiger partial charge in [0, 0.05) is 11.8 Å². The van der Waals surface area contributed by atoms with Crippen molar-refractivity contribution in [1.82, 2.24) is 15.1 Å². The minimum Gasteiger partial charge on any atom is -0.384 e. The van der Waals surface area contributed by atoms with Gasteiger partial charge in [0.2, 0.25) is 5.82 Å². The summed E-state index contributed by atoms with van der Waals surface area (Å²) in [4.78, 5) is 8.41. The molecule has 5 nitrogen and oxygen atoms in total. The molecule has 0 bridgehead atoms. The largest absolute Gasteiger partial charge is 0.384 e. The first-order chi connectivity index (χ1) is 8.24. The average Bonchev–Trinajstić information content (AvgIpc) is 2.97. The van der Waals surface area contributed by atoms with E-state index in [1.54, 1.807) is 24.5 Å². The third-order valence-corrected chi connectivity index (χ3v) is 3.21. The van der Waals surface area contributed by atoms with Crippen molar-refractivity contribution in [2.45, 2.75) is 13.0 Å². The fourth-order valence-electron chi connectivity index (χ4n) is 1.49. The average molecular weight is 247 g/mol. The van der Waals surface area contributed by atoms with E-state index in [1.807, 2.05) is 17.5 Å². The van der Waals surface area contributed by atoms with Gasteiger partial charge in [-0.1, -0.05) is 5.16 Å². The molecule has 0 spiro atoms. The first kappa shape index (κ1) is 10.4. The van der Waals surface area contributed by atoms with Gasteiger partial charge >= 0.3 is 0 Å². The number of aliphatic hydroxyl groups is 1. The summed E-state index contributed by atoms with van der Waals surface area (Å²) in [6, 6.07) is 3.92. The highest BCUT2D eigenvalue weighted by atomic mass is 32.1. The monoisotopic (exact) mass is 247 g/mol. The van der Waals surface area contributed by atoms with Gasteiger partial charge in [-0.25, -0.2) is 0 Å². The van der Waals surface area contributed by atoms with Gasteiger partial charge < -0.3 is 9.63 Å². The molecule has 1 N–H and O–H groups in total. The number of nitrogens with zero attached hydrogens (tertiary/aromatic N) is 3. The molecule has 0 aliphatic heterocycles. The summed E-state index contributed by atoms with van der Waals surface area (Å²) < 4.78 is 6.01. The highest BCUT2D eigenvalue weighted by molar-refractivity contribution is 7.17. The van der Waals surface area contributed by atoms with Crippen LogP contribution in [0.2, 0.25) is 0 Å². The number of fused-ring (bicyclic) bond motifs is 1. The lowest BCUT2D eigenvalue weighted by Crippen LogP contribution is -1.90. The smallest absolute Gasteiger partial charge is 0.255 e. The molecule has 17 heavy (non-hydrogen) atoms. The van der Waals surface area contributed by atoms with E-state index in [1.165, 1.54) is 0 Å². The fraction of sp³-hybridized carbons (Fsp3) is 0.182. The molecule has 1 atom stereocenters. The van der Waals surface area contributed by atoms with Gasteiger partial charge in [0.25, 0.3) is 5.89 Å². The zero-order valence-electron chi connectivity index (χ0n) is 8.99. The van der Waals surface area contributed by atoms with Crippen LogP contribution in [0.5, 0.6) is 0 Å². The Morgan fingerprint density at radius 3 is 3.12 bits per heavy atom. The Morgan fingerprint density at radius 2 is 2.35 bits per heavy atom. The number of thiophene rings is 1. The number of aliphatic hydroxyl groups excluding tert-OH is 1. The van der Waals surface area contributed by atoms with Gasteiger partial charge in [-0.15, -0.1) is 11.3 Å². The van der Waals surface area contributed by atoms with Crippen LogP contribution < -0.4 is 0 Å². The maximum absolute atomic E-state index is 9.31. The van der Waals surface area contributed by atoms with Crippen LogP contribution in [0.25, 0.3) is 21.6 Å². The summed E-state index contributed by atoms with van der Waals surface area (Å²) >= 11 is 1.61. The lowest BCUT2D eigenvalue weighted by atomic mass is 10.2. The molecule has 3 heterocycles. The van der Waals surface area contributed by atoms with Crippen LogP contribution in [0.1, 0.15) is 18.9 Å². The first-order valence-electron chi connectivity index (χ1n) is 5.09. The molecule has 86 valence electrons. The Hall–Kier alpha value is -1.79. The number of rotatable bonds is 2. The fourth-order valence-corrected chi connectivity index (χ4v) is 2.27. The van der Waals surface area contributed by atoms with E-state index < -0.39 is 6.10 Å². The van der Waals surface area contributed by atoms with Crippen molar-refractivity contribution in [1.29, 1.82) is 0 Å². The summed E-state index contributed by atoms with van der Waals surface area (Å²) in [6.07, 6.45) is 0.945. The van der Waals surface area contributed by atoms with Gasteiger partial charge in [0.1, 0.15) is 6.10 Å². The van der Waals surface area contributed by atoms with Crippen molar-refractivity contribution in [3.05, 3.63) is 29.6 Å². The molecular formula is C11H9N3O2S. The van der Waals surface area contributed by atoms with Gasteiger partial charge in [-0.2, -0.15) is 4.98 Å². The third-order valence-electron chi connectivity index (χ3n) is 2.36. The molecule has 3 rings (SSSR count). The summed E-state index contributed by atoms with van der Waals surface area (Å²) in [7, 11) is 0. The second kappa shape index (κ2) is 3.90. The molecule has 0 aliphatic carbocycles. The van der Waals surface area contributed by atoms with E-state index in [-0.39, 0.29) is 5.89 Å². The van der Waals surface area contributed by atoms with Gasteiger partial charge in [-0.3, -0.25) is 4.98 Å². The van der Waals surface area contributed by atoms with Crippen molar-refractivity contribution in [3.8, 4) is 11.4 Å². The summed E-state index contributed by atoms with van der Waals surface area (Å²) in [5.74, 6) is 0.662. The van der Waals surface area contributed by atoms with E-state index in [4.69, 9.17) is 4.52 Å². The molecule has 0 aromatic carbocycles. The molecule has 0 saturated carbocycles.